The van der Waals surface area contributed by atoms with Crippen LogP contribution in [0.3, 0.4) is 0 Å². The van der Waals surface area contributed by atoms with Gasteiger partial charge >= 0.3 is 0 Å². The fourth-order valence-electron chi connectivity index (χ4n) is 3.08. The zero-order chi connectivity index (χ0) is 22.5. The fraction of sp³-hybridized carbons (Fsp3) is 0.348. The molecule has 6 nitrogen and oxygen atoms in total. The lowest BCUT2D eigenvalue weighted by Crippen LogP contribution is -2.44. The highest BCUT2D eigenvalue weighted by Crippen LogP contribution is 2.22. The number of hydrogen-bond acceptors (Lipinski definition) is 3. The third kappa shape index (κ3) is 6.71. The van der Waals surface area contributed by atoms with Gasteiger partial charge in [0, 0.05) is 22.3 Å². The molecule has 1 aliphatic rings. The first kappa shape index (κ1) is 23.1. The SMILES string of the molecule is CC(C)CC(NC(=O)c1ccc(Cl)cc1Cl)C(=O)Nc1cccc(C(=O)NC2CC2)c1. The highest BCUT2D eigenvalue weighted by atomic mass is 35.5. The van der Waals surface area contributed by atoms with Gasteiger partial charge in [0.15, 0.2) is 0 Å². The average Bonchev–Trinajstić information content (AvgIpc) is 3.51. The van der Waals surface area contributed by atoms with E-state index in [9.17, 15) is 14.4 Å². The van der Waals surface area contributed by atoms with E-state index >= 15 is 0 Å². The zero-order valence-electron chi connectivity index (χ0n) is 17.4. The Morgan fingerprint density at radius 2 is 1.77 bits per heavy atom. The minimum Gasteiger partial charge on any atom is -0.349 e. The Bertz CT molecular complexity index is 990. The van der Waals surface area contributed by atoms with Crippen molar-refractivity contribution in [2.75, 3.05) is 5.32 Å². The molecule has 2 aromatic carbocycles. The minimum absolute atomic E-state index is 0.160. The molecular formula is C23H25Cl2N3O3. The van der Waals surface area contributed by atoms with Crippen LogP contribution >= 0.6 is 23.2 Å². The van der Waals surface area contributed by atoms with Crippen LogP contribution in [0.4, 0.5) is 5.69 Å². The first-order valence-corrected chi connectivity index (χ1v) is 11.0. The second-order valence-electron chi connectivity index (χ2n) is 8.10. The largest absolute Gasteiger partial charge is 0.349 e. The van der Waals surface area contributed by atoms with E-state index in [1.54, 1.807) is 30.3 Å². The van der Waals surface area contributed by atoms with E-state index in [-0.39, 0.29) is 34.4 Å². The van der Waals surface area contributed by atoms with Gasteiger partial charge in [0.1, 0.15) is 6.04 Å². The molecule has 3 amide bonds. The van der Waals surface area contributed by atoms with Crippen molar-refractivity contribution in [3.05, 3.63) is 63.6 Å². The topological polar surface area (TPSA) is 87.3 Å². The summed E-state index contributed by atoms with van der Waals surface area (Å²) in [5, 5.41) is 9.12. The van der Waals surface area contributed by atoms with Gasteiger partial charge < -0.3 is 16.0 Å². The third-order valence-electron chi connectivity index (χ3n) is 4.81. The van der Waals surface area contributed by atoms with E-state index in [1.807, 2.05) is 13.8 Å². The lowest BCUT2D eigenvalue weighted by molar-refractivity contribution is -0.118. The van der Waals surface area contributed by atoms with E-state index in [4.69, 9.17) is 23.2 Å². The van der Waals surface area contributed by atoms with Crippen LogP contribution in [0.2, 0.25) is 10.0 Å². The maximum Gasteiger partial charge on any atom is 0.253 e. The van der Waals surface area contributed by atoms with Crippen molar-refractivity contribution in [3.8, 4) is 0 Å². The number of nitrogens with one attached hydrogen (secondary N) is 3. The molecule has 164 valence electrons. The highest BCUT2D eigenvalue weighted by molar-refractivity contribution is 6.36. The second kappa shape index (κ2) is 10.2. The van der Waals surface area contributed by atoms with Crippen molar-refractivity contribution in [3.63, 3.8) is 0 Å². The van der Waals surface area contributed by atoms with Gasteiger partial charge in [0.2, 0.25) is 5.91 Å². The molecule has 0 bridgehead atoms. The summed E-state index contributed by atoms with van der Waals surface area (Å²) in [5.41, 5.74) is 1.20. The molecule has 1 unspecified atom stereocenters. The summed E-state index contributed by atoms with van der Waals surface area (Å²) in [6, 6.07) is 10.8. The summed E-state index contributed by atoms with van der Waals surface area (Å²) in [6.45, 7) is 3.93. The van der Waals surface area contributed by atoms with E-state index < -0.39 is 11.9 Å². The number of benzene rings is 2. The first-order valence-electron chi connectivity index (χ1n) is 10.2. The van der Waals surface area contributed by atoms with Gasteiger partial charge in [0.25, 0.3) is 11.8 Å². The van der Waals surface area contributed by atoms with Crippen molar-refractivity contribution >= 4 is 46.6 Å². The van der Waals surface area contributed by atoms with Crippen molar-refractivity contribution in [1.29, 1.82) is 0 Å². The normalized spacial score (nSPS) is 14.1. The van der Waals surface area contributed by atoms with Gasteiger partial charge in [-0.1, -0.05) is 43.1 Å². The van der Waals surface area contributed by atoms with Crippen LogP contribution in [0.1, 0.15) is 53.8 Å². The number of carbonyl (C=O) groups is 3. The van der Waals surface area contributed by atoms with E-state index in [2.05, 4.69) is 16.0 Å². The Hall–Kier alpha value is -2.57. The van der Waals surface area contributed by atoms with Gasteiger partial charge in [-0.3, -0.25) is 14.4 Å². The standard InChI is InChI=1S/C23H25Cl2N3O3/c1-13(2)10-20(28-22(30)18-9-6-15(24)12-19(18)25)23(31)27-17-5-3-4-14(11-17)21(29)26-16-7-8-16/h3-6,9,11-13,16,20H,7-8,10H2,1-2H3,(H,26,29)(H,27,31)(H,28,30). The molecule has 1 saturated carbocycles. The van der Waals surface area contributed by atoms with Crippen molar-refractivity contribution in [2.45, 2.75) is 45.2 Å². The number of amides is 3. The predicted molar refractivity (Wildman–Crippen MR) is 123 cm³/mol. The summed E-state index contributed by atoms with van der Waals surface area (Å²) < 4.78 is 0. The first-order chi connectivity index (χ1) is 14.7. The summed E-state index contributed by atoms with van der Waals surface area (Å²) in [6.07, 6.45) is 2.43. The van der Waals surface area contributed by atoms with E-state index in [0.717, 1.165) is 12.8 Å². The molecule has 3 rings (SSSR count). The maximum atomic E-state index is 12.9. The van der Waals surface area contributed by atoms with Crippen LogP contribution in [-0.2, 0) is 4.79 Å². The molecule has 0 heterocycles. The molecule has 1 fully saturated rings. The lowest BCUT2D eigenvalue weighted by Gasteiger charge is -2.21. The Balaban J connectivity index is 1.70. The smallest absolute Gasteiger partial charge is 0.253 e. The van der Waals surface area contributed by atoms with Gasteiger partial charge in [-0.25, -0.2) is 0 Å². The Morgan fingerprint density at radius 1 is 1.03 bits per heavy atom. The van der Waals surface area contributed by atoms with Crippen LogP contribution in [0.5, 0.6) is 0 Å². The highest BCUT2D eigenvalue weighted by Gasteiger charge is 2.25. The van der Waals surface area contributed by atoms with Crippen LogP contribution in [-0.4, -0.2) is 29.8 Å². The molecule has 1 aliphatic carbocycles. The number of rotatable bonds is 8. The molecular weight excluding hydrogens is 437 g/mol. The quantitative estimate of drug-likeness (QED) is 0.533. The number of carbonyl (C=O) groups excluding carboxylic acids is 3. The Labute approximate surface area is 191 Å². The molecule has 0 radical (unpaired) electrons. The second-order valence-corrected chi connectivity index (χ2v) is 8.94. The molecule has 2 aromatic rings. The minimum atomic E-state index is -0.775. The average molecular weight is 462 g/mol. The van der Waals surface area contributed by atoms with Crippen molar-refractivity contribution < 1.29 is 14.4 Å². The summed E-state index contributed by atoms with van der Waals surface area (Å²) in [5.74, 6) is -0.831. The van der Waals surface area contributed by atoms with Crippen LogP contribution in [0.15, 0.2) is 42.5 Å². The lowest BCUT2D eigenvalue weighted by atomic mass is 10.0. The molecule has 1 atom stereocenters. The van der Waals surface area contributed by atoms with Crippen LogP contribution < -0.4 is 16.0 Å². The van der Waals surface area contributed by atoms with Gasteiger partial charge in [0.05, 0.1) is 10.6 Å². The van der Waals surface area contributed by atoms with Gasteiger partial charge in [-0.05, 0) is 61.6 Å². The van der Waals surface area contributed by atoms with Crippen LogP contribution in [0.25, 0.3) is 0 Å². The summed E-state index contributed by atoms with van der Waals surface area (Å²) in [4.78, 5) is 37.9. The number of hydrogen-bond donors (Lipinski definition) is 3. The molecule has 0 aliphatic heterocycles. The molecule has 31 heavy (non-hydrogen) atoms. The fourth-order valence-corrected chi connectivity index (χ4v) is 3.57. The molecule has 0 aromatic heterocycles. The van der Waals surface area contributed by atoms with Crippen LogP contribution in [0, 0.1) is 5.92 Å². The van der Waals surface area contributed by atoms with E-state index in [1.165, 1.54) is 12.1 Å². The molecule has 0 saturated heterocycles. The predicted octanol–water partition coefficient (Wildman–Crippen LogP) is 4.67. The van der Waals surface area contributed by atoms with Crippen molar-refractivity contribution in [1.82, 2.24) is 10.6 Å². The van der Waals surface area contributed by atoms with Crippen molar-refractivity contribution in [2.24, 2.45) is 5.92 Å². The zero-order valence-corrected chi connectivity index (χ0v) is 18.9. The summed E-state index contributed by atoms with van der Waals surface area (Å²) >= 11 is 12.0. The molecule has 8 heteroatoms. The number of anilines is 1. The third-order valence-corrected chi connectivity index (χ3v) is 5.36. The Kier molecular flexibility index (Phi) is 7.57. The Morgan fingerprint density at radius 3 is 2.42 bits per heavy atom. The van der Waals surface area contributed by atoms with Gasteiger partial charge in [-0.2, -0.15) is 0 Å². The summed E-state index contributed by atoms with van der Waals surface area (Å²) in [7, 11) is 0. The monoisotopic (exact) mass is 461 g/mol. The molecule has 3 N–H and O–H groups in total. The molecule has 0 spiro atoms. The number of halogens is 2. The van der Waals surface area contributed by atoms with Gasteiger partial charge in [-0.15, -0.1) is 0 Å². The van der Waals surface area contributed by atoms with E-state index in [0.29, 0.717) is 22.7 Å². The maximum absolute atomic E-state index is 12.9.